The minimum atomic E-state index is 0.481. The highest BCUT2D eigenvalue weighted by Gasteiger charge is 2.05. The van der Waals surface area contributed by atoms with Crippen LogP contribution in [0.2, 0.25) is 0 Å². The summed E-state index contributed by atoms with van der Waals surface area (Å²) in [7, 11) is 0. The molecule has 0 fully saturated rings. The number of fused-ring (bicyclic) bond motifs is 1. The van der Waals surface area contributed by atoms with E-state index in [0.717, 1.165) is 27.8 Å². The van der Waals surface area contributed by atoms with E-state index < -0.39 is 0 Å². The molecular formula is C17H16N2O. The average molecular weight is 264 g/mol. The quantitative estimate of drug-likeness (QED) is 0.782. The topological polar surface area (TPSA) is 48.1 Å². The molecule has 0 saturated carbocycles. The van der Waals surface area contributed by atoms with Crippen molar-refractivity contribution in [3.8, 4) is 11.6 Å². The van der Waals surface area contributed by atoms with E-state index in [4.69, 9.17) is 10.5 Å². The van der Waals surface area contributed by atoms with Gasteiger partial charge in [-0.15, -0.1) is 0 Å². The van der Waals surface area contributed by atoms with Gasteiger partial charge in [0.2, 0.25) is 5.88 Å². The zero-order valence-electron chi connectivity index (χ0n) is 11.3. The Bertz CT molecular complexity index is 748. The van der Waals surface area contributed by atoms with Crippen LogP contribution in [0.15, 0.2) is 54.6 Å². The summed E-state index contributed by atoms with van der Waals surface area (Å²) >= 11 is 0. The molecule has 0 spiro atoms. The van der Waals surface area contributed by atoms with Crippen molar-refractivity contribution in [1.82, 2.24) is 4.98 Å². The van der Waals surface area contributed by atoms with Gasteiger partial charge in [-0.2, -0.15) is 0 Å². The van der Waals surface area contributed by atoms with Gasteiger partial charge in [-0.3, -0.25) is 0 Å². The van der Waals surface area contributed by atoms with Crippen molar-refractivity contribution in [2.45, 2.75) is 13.5 Å². The summed E-state index contributed by atoms with van der Waals surface area (Å²) in [5, 5.41) is 2.23. The number of aryl methyl sites for hydroxylation is 1. The molecule has 2 N–H and O–H groups in total. The molecule has 3 nitrogen and oxygen atoms in total. The summed E-state index contributed by atoms with van der Waals surface area (Å²) in [6.45, 7) is 2.42. The van der Waals surface area contributed by atoms with Crippen molar-refractivity contribution in [2.75, 3.05) is 0 Å². The van der Waals surface area contributed by atoms with Gasteiger partial charge in [0.25, 0.3) is 0 Å². The summed E-state index contributed by atoms with van der Waals surface area (Å²) in [4.78, 5) is 4.41. The predicted octanol–water partition coefficient (Wildman–Crippen LogP) is 3.79. The predicted molar refractivity (Wildman–Crippen MR) is 80.9 cm³/mol. The standard InChI is InChI=1S/C17H16N2O/c1-12-9-13(11-18)10-17(19-12)20-16-8-4-6-14-5-2-3-7-15(14)16/h2-10H,11,18H2,1H3. The van der Waals surface area contributed by atoms with Gasteiger partial charge in [-0.1, -0.05) is 36.4 Å². The number of hydrogen-bond donors (Lipinski definition) is 1. The molecule has 3 heteroatoms. The molecule has 3 rings (SSSR count). The van der Waals surface area contributed by atoms with Crippen molar-refractivity contribution < 1.29 is 4.74 Å². The molecule has 20 heavy (non-hydrogen) atoms. The molecular weight excluding hydrogens is 248 g/mol. The van der Waals surface area contributed by atoms with Gasteiger partial charge in [0.1, 0.15) is 5.75 Å². The Morgan fingerprint density at radius 2 is 1.85 bits per heavy atom. The van der Waals surface area contributed by atoms with Gasteiger partial charge in [0.05, 0.1) is 0 Å². The lowest BCUT2D eigenvalue weighted by molar-refractivity contribution is 0.466. The number of nitrogens with zero attached hydrogens (tertiary/aromatic N) is 1. The number of rotatable bonds is 3. The zero-order valence-corrected chi connectivity index (χ0v) is 11.3. The second-order valence-corrected chi connectivity index (χ2v) is 4.74. The number of pyridine rings is 1. The summed E-state index contributed by atoms with van der Waals surface area (Å²) in [6, 6.07) is 18.0. The number of benzene rings is 2. The molecule has 0 amide bonds. The Morgan fingerprint density at radius 1 is 1.05 bits per heavy atom. The van der Waals surface area contributed by atoms with Gasteiger partial charge >= 0.3 is 0 Å². The van der Waals surface area contributed by atoms with Crippen LogP contribution in [0, 0.1) is 6.92 Å². The van der Waals surface area contributed by atoms with E-state index in [1.165, 1.54) is 0 Å². The Kier molecular flexibility index (Phi) is 3.35. The smallest absolute Gasteiger partial charge is 0.219 e. The third kappa shape index (κ3) is 2.49. The van der Waals surface area contributed by atoms with Crippen LogP contribution in [0.25, 0.3) is 10.8 Å². The van der Waals surface area contributed by atoms with E-state index in [-0.39, 0.29) is 0 Å². The first-order valence-electron chi connectivity index (χ1n) is 6.59. The van der Waals surface area contributed by atoms with Crippen LogP contribution in [0.5, 0.6) is 11.6 Å². The van der Waals surface area contributed by atoms with Crippen molar-refractivity contribution >= 4 is 10.8 Å². The Hall–Kier alpha value is -2.39. The second-order valence-electron chi connectivity index (χ2n) is 4.74. The zero-order chi connectivity index (χ0) is 13.9. The van der Waals surface area contributed by atoms with Crippen molar-refractivity contribution in [3.05, 3.63) is 65.9 Å². The minimum Gasteiger partial charge on any atom is -0.438 e. The molecule has 1 aromatic heterocycles. The highest BCUT2D eigenvalue weighted by molar-refractivity contribution is 5.88. The molecule has 2 aromatic carbocycles. The first-order chi connectivity index (χ1) is 9.76. The van der Waals surface area contributed by atoms with Crippen molar-refractivity contribution in [3.63, 3.8) is 0 Å². The van der Waals surface area contributed by atoms with E-state index in [1.807, 2.05) is 49.4 Å². The lowest BCUT2D eigenvalue weighted by atomic mass is 10.1. The number of aromatic nitrogens is 1. The number of hydrogen-bond acceptors (Lipinski definition) is 3. The van der Waals surface area contributed by atoms with Gasteiger partial charge in [-0.05, 0) is 30.0 Å². The average Bonchev–Trinajstić information content (AvgIpc) is 2.47. The molecule has 0 aliphatic rings. The molecule has 0 aliphatic heterocycles. The summed E-state index contributed by atoms with van der Waals surface area (Å²) < 4.78 is 5.95. The van der Waals surface area contributed by atoms with Crippen LogP contribution < -0.4 is 10.5 Å². The fraction of sp³-hybridized carbons (Fsp3) is 0.118. The molecule has 100 valence electrons. The van der Waals surface area contributed by atoms with Crippen LogP contribution in [0.1, 0.15) is 11.3 Å². The van der Waals surface area contributed by atoms with Crippen LogP contribution in [0.4, 0.5) is 0 Å². The lowest BCUT2D eigenvalue weighted by Gasteiger charge is -2.10. The summed E-state index contributed by atoms with van der Waals surface area (Å²) in [5.74, 6) is 1.39. The molecule has 0 unspecified atom stereocenters. The first kappa shape index (κ1) is 12.6. The van der Waals surface area contributed by atoms with Gasteiger partial charge < -0.3 is 10.5 Å². The molecule has 3 aromatic rings. The van der Waals surface area contributed by atoms with E-state index in [1.54, 1.807) is 0 Å². The van der Waals surface area contributed by atoms with Crippen LogP contribution in [0.3, 0.4) is 0 Å². The fourth-order valence-electron chi connectivity index (χ4n) is 2.27. The summed E-state index contributed by atoms with van der Waals surface area (Å²) in [6.07, 6.45) is 0. The normalized spacial score (nSPS) is 10.7. The lowest BCUT2D eigenvalue weighted by Crippen LogP contribution is -1.99. The molecule has 0 bridgehead atoms. The maximum atomic E-state index is 5.95. The molecule has 1 heterocycles. The monoisotopic (exact) mass is 264 g/mol. The third-order valence-corrected chi connectivity index (χ3v) is 3.19. The Balaban J connectivity index is 2.03. The van der Waals surface area contributed by atoms with Crippen molar-refractivity contribution in [1.29, 1.82) is 0 Å². The molecule has 0 saturated heterocycles. The third-order valence-electron chi connectivity index (χ3n) is 3.19. The minimum absolute atomic E-state index is 0.481. The van der Waals surface area contributed by atoms with Gasteiger partial charge in [-0.25, -0.2) is 4.98 Å². The largest absolute Gasteiger partial charge is 0.438 e. The van der Waals surface area contributed by atoms with E-state index >= 15 is 0 Å². The van der Waals surface area contributed by atoms with Crippen LogP contribution >= 0.6 is 0 Å². The van der Waals surface area contributed by atoms with E-state index in [0.29, 0.717) is 12.4 Å². The maximum absolute atomic E-state index is 5.95. The van der Waals surface area contributed by atoms with Crippen molar-refractivity contribution in [2.24, 2.45) is 5.73 Å². The van der Waals surface area contributed by atoms with Crippen LogP contribution in [-0.2, 0) is 6.54 Å². The molecule has 0 atom stereocenters. The number of nitrogens with two attached hydrogens (primary N) is 1. The Morgan fingerprint density at radius 3 is 2.70 bits per heavy atom. The summed E-state index contributed by atoms with van der Waals surface area (Å²) in [5.41, 5.74) is 7.61. The molecule has 0 aliphatic carbocycles. The SMILES string of the molecule is Cc1cc(CN)cc(Oc2cccc3ccccc23)n1. The highest BCUT2D eigenvalue weighted by atomic mass is 16.5. The van der Waals surface area contributed by atoms with E-state index in [2.05, 4.69) is 17.1 Å². The van der Waals surface area contributed by atoms with Gasteiger partial charge in [0.15, 0.2) is 0 Å². The fourth-order valence-corrected chi connectivity index (χ4v) is 2.27. The Labute approximate surface area is 118 Å². The first-order valence-corrected chi connectivity index (χ1v) is 6.59. The molecule has 0 radical (unpaired) electrons. The highest BCUT2D eigenvalue weighted by Crippen LogP contribution is 2.29. The number of ether oxygens (including phenoxy) is 1. The maximum Gasteiger partial charge on any atom is 0.219 e. The van der Waals surface area contributed by atoms with E-state index in [9.17, 15) is 0 Å². The van der Waals surface area contributed by atoms with Gasteiger partial charge in [0, 0.05) is 23.7 Å². The van der Waals surface area contributed by atoms with Crippen LogP contribution in [-0.4, -0.2) is 4.98 Å². The second kappa shape index (κ2) is 5.31.